The van der Waals surface area contributed by atoms with Gasteiger partial charge in [-0.25, -0.2) is 14.2 Å². The molecular weight excluding hydrogens is 390 g/mol. The molecule has 0 atom stereocenters. The Bertz CT molecular complexity index is 1070. The van der Waals surface area contributed by atoms with Crippen molar-refractivity contribution in [3.05, 3.63) is 50.4 Å². The summed E-state index contributed by atoms with van der Waals surface area (Å²) in [6.07, 6.45) is 0.709. The lowest BCUT2D eigenvalue weighted by Gasteiger charge is -2.01. The Kier molecular flexibility index (Phi) is 5.52. The maximum atomic E-state index is 12.1. The first-order chi connectivity index (χ1) is 12.9. The number of aldehydes is 1. The van der Waals surface area contributed by atoms with Crippen LogP contribution in [0.4, 0.5) is 5.82 Å². The number of carbonyl (C=O) groups is 2. The second-order valence-corrected chi connectivity index (χ2v) is 6.87. The number of halogens is 1. The van der Waals surface area contributed by atoms with E-state index in [1.54, 1.807) is 45.2 Å². The van der Waals surface area contributed by atoms with Crippen molar-refractivity contribution in [2.45, 2.75) is 13.8 Å². The van der Waals surface area contributed by atoms with Crippen LogP contribution in [0.25, 0.3) is 5.69 Å². The Labute approximate surface area is 163 Å². The van der Waals surface area contributed by atoms with Crippen LogP contribution in [-0.4, -0.2) is 38.4 Å². The minimum absolute atomic E-state index is 0.150. The van der Waals surface area contributed by atoms with Crippen LogP contribution in [0, 0.1) is 6.92 Å². The molecule has 1 aromatic carbocycles. The van der Waals surface area contributed by atoms with Gasteiger partial charge in [-0.05, 0) is 38.1 Å². The Morgan fingerprint density at radius 1 is 1.33 bits per heavy atom. The van der Waals surface area contributed by atoms with E-state index in [1.165, 1.54) is 9.36 Å². The summed E-state index contributed by atoms with van der Waals surface area (Å²) < 4.78 is 8.05. The fourth-order valence-electron chi connectivity index (χ4n) is 2.40. The summed E-state index contributed by atoms with van der Waals surface area (Å²) in [6.45, 7) is 3.69. The number of benzene rings is 1. The maximum absolute atomic E-state index is 12.1. The SMILES string of the molecule is CCOC(=O)c1nn(-c2ccc(Cl)cc2)/c(=N/c2c(C=O)c(C)nn2C)s1. The molecule has 0 saturated heterocycles. The van der Waals surface area contributed by atoms with Crippen LogP contribution in [0.2, 0.25) is 5.02 Å². The van der Waals surface area contributed by atoms with Gasteiger partial charge in [0, 0.05) is 12.1 Å². The number of rotatable bonds is 5. The van der Waals surface area contributed by atoms with E-state index in [9.17, 15) is 9.59 Å². The third kappa shape index (κ3) is 3.83. The predicted molar refractivity (Wildman–Crippen MR) is 101 cm³/mol. The van der Waals surface area contributed by atoms with Gasteiger partial charge in [0.15, 0.2) is 12.1 Å². The maximum Gasteiger partial charge on any atom is 0.369 e. The summed E-state index contributed by atoms with van der Waals surface area (Å²) >= 11 is 7.01. The number of hydrogen-bond acceptors (Lipinski definition) is 7. The van der Waals surface area contributed by atoms with Crippen molar-refractivity contribution in [2.24, 2.45) is 12.0 Å². The molecule has 8 nitrogen and oxygen atoms in total. The second-order valence-electron chi connectivity index (χ2n) is 5.47. The fraction of sp³-hybridized carbons (Fsp3) is 0.235. The molecule has 2 heterocycles. The molecule has 0 saturated carbocycles. The van der Waals surface area contributed by atoms with Crippen LogP contribution >= 0.6 is 22.9 Å². The molecule has 27 heavy (non-hydrogen) atoms. The Hall–Kier alpha value is -2.78. The number of aryl methyl sites for hydroxylation is 2. The Balaban J connectivity index is 2.23. The molecule has 3 rings (SSSR count). The molecule has 0 unspecified atom stereocenters. The number of ether oxygens (including phenoxy) is 1. The third-order valence-corrected chi connectivity index (χ3v) is 4.78. The van der Waals surface area contributed by atoms with Gasteiger partial charge in [-0.3, -0.25) is 4.79 Å². The van der Waals surface area contributed by atoms with Gasteiger partial charge in [0.2, 0.25) is 9.81 Å². The highest BCUT2D eigenvalue weighted by Gasteiger charge is 2.17. The van der Waals surface area contributed by atoms with Crippen molar-refractivity contribution in [1.82, 2.24) is 19.6 Å². The minimum atomic E-state index is -0.538. The van der Waals surface area contributed by atoms with Gasteiger partial charge < -0.3 is 4.74 Å². The van der Waals surface area contributed by atoms with Crippen molar-refractivity contribution in [3.8, 4) is 5.69 Å². The van der Waals surface area contributed by atoms with Crippen LogP contribution < -0.4 is 4.80 Å². The van der Waals surface area contributed by atoms with Crippen molar-refractivity contribution in [1.29, 1.82) is 0 Å². The molecule has 10 heteroatoms. The molecular formula is C17H16ClN5O3S. The summed E-state index contributed by atoms with van der Waals surface area (Å²) in [7, 11) is 1.69. The molecule has 0 aliphatic heterocycles. The highest BCUT2D eigenvalue weighted by atomic mass is 35.5. The zero-order valence-corrected chi connectivity index (χ0v) is 16.4. The summed E-state index contributed by atoms with van der Waals surface area (Å²) in [5.74, 6) is -0.160. The van der Waals surface area contributed by atoms with Crippen molar-refractivity contribution in [3.63, 3.8) is 0 Å². The Morgan fingerprint density at radius 2 is 2.04 bits per heavy atom. The van der Waals surface area contributed by atoms with Crippen LogP contribution in [0.5, 0.6) is 0 Å². The molecule has 0 aliphatic carbocycles. The standard InChI is InChI=1S/C17H16ClN5O3S/c1-4-26-16(25)15-21-23(12-7-5-11(18)6-8-12)17(27-15)19-14-13(9-24)10(2)20-22(14)3/h5-9H,4H2,1-3H3/b19-17-. The van der Waals surface area contributed by atoms with Gasteiger partial charge in [-0.2, -0.15) is 10.1 Å². The number of carbonyl (C=O) groups excluding carboxylic acids is 2. The average molecular weight is 406 g/mol. The lowest BCUT2D eigenvalue weighted by Crippen LogP contribution is -2.14. The van der Waals surface area contributed by atoms with E-state index >= 15 is 0 Å². The molecule has 0 amide bonds. The van der Waals surface area contributed by atoms with E-state index in [0.717, 1.165) is 11.3 Å². The summed E-state index contributed by atoms with van der Waals surface area (Å²) in [5.41, 5.74) is 1.61. The molecule has 0 radical (unpaired) electrons. The van der Waals surface area contributed by atoms with Gasteiger partial charge in [-0.1, -0.05) is 22.9 Å². The van der Waals surface area contributed by atoms with Gasteiger partial charge in [0.1, 0.15) is 0 Å². The number of aromatic nitrogens is 4. The fourth-order valence-corrected chi connectivity index (χ4v) is 3.33. The lowest BCUT2D eigenvalue weighted by molar-refractivity contribution is 0.0524. The van der Waals surface area contributed by atoms with Crippen molar-refractivity contribution < 1.29 is 14.3 Å². The first-order valence-corrected chi connectivity index (χ1v) is 9.20. The zero-order valence-electron chi connectivity index (χ0n) is 14.8. The summed E-state index contributed by atoms with van der Waals surface area (Å²) in [6, 6.07) is 6.93. The highest BCUT2D eigenvalue weighted by molar-refractivity contribution is 7.10. The van der Waals surface area contributed by atoms with Gasteiger partial charge in [0.05, 0.1) is 23.6 Å². The molecule has 0 spiro atoms. The molecule has 0 bridgehead atoms. The van der Waals surface area contributed by atoms with E-state index in [0.29, 0.717) is 38.9 Å². The predicted octanol–water partition coefficient (Wildman–Crippen LogP) is 2.85. The number of nitrogens with zero attached hydrogens (tertiary/aromatic N) is 5. The second kappa shape index (κ2) is 7.85. The summed E-state index contributed by atoms with van der Waals surface area (Å²) in [5, 5.41) is 9.27. The van der Waals surface area contributed by atoms with Crippen molar-refractivity contribution >= 4 is 41.0 Å². The molecule has 2 aromatic heterocycles. The first kappa shape index (κ1) is 19.0. The van der Waals surface area contributed by atoms with E-state index in [-0.39, 0.29) is 11.6 Å². The van der Waals surface area contributed by atoms with Crippen LogP contribution in [-0.2, 0) is 11.8 Å². The van der Waals surface area contributed by atoms with E-state index in [1.807, 2.05) is 0 Å². The third-order valence-electron chi connectivity index (χ3n) is 3.64. The largest absolute Gasteiger partial charge is 0.461 e. The summed E-state index contributed by atoms with van der Waals surface area (Å²) in [4.78, 5) is 28.5. The monoisotopic (exact) mass is 405 g/mol. The molecule has 3 aromatic rings. The number of hydrogen-bond donors (Lipinski definition) is 0. The van der Waals surface area contributed by atoms with Crippen LogP contribution in [0.3, 0.4) is 0 Å². The van der Waals surface area contributed by atoms with Crippen LogP contribution in [0.1, 0.15) is 32.8 Å². The first-order valence-electron chi connectivity index (χ1n) is 8.01. The minimum Gasteiger partial charge on any atom is -0.461 e. The van der Waals surface area contributed by atoms with E-state index in [2.05, 4.69) is 15.2 Å². The molecule has 0 N–H and O–H groups in total. The van der Waals surface area contributed by atoms with Gasteiger partial charge in [-0.15, -0.1) is 5.10 Å². The zero-order chi connectivity index (χ0) is 19.6. The van der Waals surface area contributed by atoms with E-state index < -0.39 is 5.97 Å². The van der Waals surface area contributed by atoms with E-state index in [4.69, 9.17) is 16.3 Å². The highest BCUT2D eigenvalue weighted by Crippen LogP contribution is 2.20. The Morgan fingerprint density at radius 3 is 2.67 bits per heavy atom. The van der Waals surface area contributed by atoms with Crippen LogP contribution in [0.15, 0.2) is 29.3 Å². The van der Waals surface area contributed by atoms with Gasteiger partial charge in [0.25, 0.3) is 0 Å². The van der Waals surface area contributed by atoms with Crippen molar-refractivity contribution in [2.75, 3.05) is 6.61 Å². The average Bonchev–Trinajstić information content (AvgIpc) is 3.17. The van der Waals surface area contributed by atoms with Gasteiger partial charge >= 0.3 is 5.97 Å². The smallest absolute Gasteiger partial charge is 0.369 e. The molecule has 0 fully saturated rings. The molecule has 0 aliphatic rings. The quantitative estimate of drug-likeness (QED) is 0.480. The molecule has 140 valence electrons. The number of esters is 1. The topological polar surface area (TPSA) is 91.4 Å². The lowest BCUT2D eigenvalue weighted by atomic mass is 10.3. The normalized spacial score (nSPS) is 11.6.